The topological polar surface area (TPSA) is 24.1 Å². The summed E-state index contributed by atoms with van der Waals surface area (Å²) in [5, 5.41) is 6.44. The van der Waals surface area contributed by atoms with E-state index in [1.165, 1.54) is 12.1 Å². The molecule has 0 aromatic heterocycles. The predicted molar refractivity (Wildman–Crippen MR) is 55.1 cm³/mol. The molecule has 0 saturated carbocycles. The lowest BCUT2D eigenvalue weighted by atomic mass is 10.0. The second-order valence-corrected chi connectivity index (χ2v) is 3.83. The minimum atomic E-state index is -4.25. The molecule has 0 amide bonds. The third-order valence-corrected chi connectivity index (χ3v) is 2.68. The maximum atomic E-state index is 12.3. The highest BCUT2D eigenvalue weighted by atomic mass is 19.4. The average molecular weight is 230 g/mol. The van der Waals surface area contributed by atoms with Crippen molar-refractivity contribution in [3.8, 4) is 0 Å². The van der Waals surface area contributed by atoms with Crippen LogP contribution in [0.3, 0.4) is 0 Å². The number of halogens is 3. The van der Waals surface area contributed by atoms with Crippen LogP contribution in [0, 0.1) is 0 Å². The maximum absolute atomic E-state index is 12.3. The standard InChI is InChI=1S/C11H13F3N2/c12-11(13,14)9-3-1-8(2-4-9)10-7-15-5-6-16-10/h1-4,10,15-16H,5-7H2. The van der Waals surface area contributed by atoms with Crippen molar-refractivity contribution in [1.82, 2.24) is 10.6 Å². The lowest BCUT2D eigenvalue weighted by Crippen LogP contribution is -2.42. The van der Waals surface area contributed by atoms with Crippen molar-refractivity contribution >= 4 is 0 Å². The Bertz CT molecular complexity index is 339. The summed E-state index contributed by atoms with van der Waals surface area (Å²) in [5.74, 6) is 0. The Balaban J connectivity index is 2.12. The number of hydrogen-bond donors (Lipinski definition) is 2. The molecule has 0 bridgehead atoms. The van der Waals surface area contributed by atoms with Crippen molar-refractivity contribution in [3.05, 3.63) is 35.4 Å². The van der Waals surface area contributed by atoms with Crippen molar-refractivity contribution in [2.75, 3.05) is 19.6 Å². The SMILES string of the molecule is FC(F)(F)c1ccc(C2CNCCN2)cc1. The monoisotopic (exact) mass is 230 g/mol. The Hall–Kier alpha value is -1.07. The fourth-order valence-corrected chi connectivity index (χ4v) is 1.79. The molecule has 0 aliphatic carbocycles. The van der Waals surface area contributed by atoms with E-state index in [1.54, 1.807) is 0 Å². The number of rotatable bonds is 1. The van der Waals surface area contributed by atoms with E-state index in [2.05, 4.69) is 10.6 Å². The normalized spacial score (nSPS) is 22.1. The molecule has 0 spiro atoms. The Labute approximate surface area is 91.8 Å². The van der Waals surface area contributed by atoms with Crippen LogP contribution in [0.2, 0.25) is 0 Å². The third-order valence-electron chi connectivity index (χ3n) is 2.68. The van der Waals surface area contributed by atoms with Crippen LogP contribution in [-0.4, -0.2) is 19.6 Å². The molecule has 1 unspecified atom stereocenters. The minimum Gasteiger partial charge on any atom is -0.314 e. The molecule has 0 radical (unpaired) electrons. The van der Waals surface area contributed by atoms with Gasteiger partial charge < -0.3 is 10.6 Å². The number of hydrogen-bond acceptors (Lipinski definition) is 2. The third kappa shape index (κ3) is 2.54. The lowest BCUT2D eigenvalue weighted by Gasteiger charge is -2.25. The van der Waals surface area contributed by atoms with Crippen molar-refractivity contribution in [2.45, 2.75) is 12.2 Å². The van der Waals surface area contributed by atoms with Gasteiger partial charge in [-0.25, -0.2) is 0 Å². The van der Waals surface area contributed by atoms with E-state index < -0.39 is 11.7 Å². The zero-order valence-corrected chi connectivity index (χ0v) is 8.64. The molecule has 88 valence electrons. The molecule has 1 atom stereocenters. The molecule has 1 aromatic rings. The van der Waals surface area contributed by atoms with Gasteiger partial charge in [0, 0.05) is 25.7 Å². The van der Waals surface area contributed by atoms with Crippen molar-refractivity contribution in [2.24, 2.45) is 0 Å². The van der Waals surface area contributed by atoms with Crippen LogP contribution in [0.25, 0.3) is 0 Å². The van der Waals surface area contributed by atoms with E-state index in [1.807, 2.05) is 0 Å². The van der Waals surface area contributed by atoms with Gasteiger partial charge in [0.15, 0.2) is 0 Å². The number of piperazine rings is 1. The van der Waals surface area contributed by atoms with Crippen molar-refractivity contribution in [1.29, 1.82) is 0 Å². The van der Waals surface area contributed by atoms with Gasteiger partial charge in [-0.3, -0.25) is 0 Å². The van der Waals surface area contributed by atoms with Crippen LogP contribution >= 0.6 is 0 Å². The molecule has 2 rings (SSSR count). The molecular formula is C11H13F3N2. The molecule has 1 aliphatic rings. The van der Waals surface area contributed by atoms with Crippen molar-refractivity contribution in [3.63, 3.8) is 0 Å². The van der Waals surface area contributed by atoms with Crippen LogP contribution in [0.4, 0.5) is 13.2 Å². The Morgan fingerprint density at radius 1 is 1.06 bits per heavy atom. The van der Waals surface area contributed by atoms with Gasteiger partial charge >= 0.3 is 6.18 Å². The zero-order valence-electron chi connectivity index (χ0n) is 8.64. The summed E-state index contributed by atoms with van der Waals surface area (Å²) in [6.07, 6.45) is -4.25. The van der Waals surface area contributed by atoms with E-state index in [4.69, 9.17) is 0 Å². The van der Waals surface area contributed by atoms with E-state index in [9.17, 15) is 13.2 Å². The van der Waals surface area contributed by atoms with Crippen LogP contribution < -0.4 is 10.6 Å². The van der Waals surface area contributed by atoms with Gasteiger partial charge in [0.25, 0.3) is 0 Å². The summed E-state index contributed by atoms with van der Waals surface area (Å²) >= 11 is 0. The molecule has 2 nitrogen and oxygen atoms in total. The van der Waals surface area contributed by atoms with Crippen LogP contribution in [0.15, 0.2) is 24.3 Å². The fourth-order valence-electron chi connectivity index (χ4n) is 1.79. The lowest BCUT2D eigenvalue weighted by molar-refractivity contribution is -0.137. The average Bonchev–Trinajstić information content (AvgIpc) is 2.29. The first-order chi connectivity index (χ1) is 7.57. The van der Waals surface area contributed by atoms with Gasteiger partial charge in [-0.1, -0.05) is 12.1 Å². The second kappa shape index (κ2) is 4.43. The molecular weight excluding hydrogens is 217 g/mol. The smallest absolute Gasteiger partial charge is 0.314 e. The molecule has 1 aromatic carbocycles. The summed E-state index contributed by atoms with van der Waals surface area (Å²) in [6.45, 7) is 2.49. The Morgan fingerprint density at radius 2 is 1.75 bits per heavy atom. The van der Waals surface area contributed by atoms with Crippen LogP contribution in [0.1, 0.15) is 17.2 Å². The van der Waals surface area contributed by atoms with Gasteiger partial charge in [0.1, 0.15) is 0 Å². The summed E-state index contributed by atoms with van der Waals surface area (Å²) in [7, 11) is 0. The van der Waals surface area contributed by atoms with Crippen molar-refractivity contribution < 1.29 is 13.2 Å². The minimum absolute atomic E-state index is 0.107. The van der Waals surface area contributed by atoms with E-state index >= 15 is 0 Å². The largest absolute Gasteiger partial charge is 0.416 e. The molecule has 1 aliphatic heterocycles. The maximum Gasteiger partial charge on any atom is 0.416 e. The second-order valence-electron chi connectivity index (χ2n) is 3.83. The number of nitrogens with one attached hydrogen (secondary N) is 2. The summed E-state index contributed by atoms with van der Waals surface area (Å²) < 4.78 is 37.0. The predicted octanol–water partition coefficient (Wildman–Crippen LogP) is 1.94. The first kappa shape index (κ1) is 11.4. The summed E-state index contributed by atoms with van der Waals surface area (Å²) in [4.78, 5) is 0. The van der Waals surface area contributed by atoms with E-state index in [-0.39, 0.29) is 6.04 Å². The van der Waals surface area contributed by atoms with Crippen LogP contribution in [0.5, 0.6) is 0 Å². The molecule has 1 saturated heterocycles. The fraction of sp³-hybridized carbons (Fsp3) is 0.455. The van der Waals surface area contributed by atoms with Gasteiger partial charge in [-0.05, 0) is 17.7 Å². The van der Waals surface area contributed by atoms with Gasteiger partial charge in [0.2, 0.25) is 0 Å². The van der Waals surface area contributed by atoms with Crippen LogP contribution in [-0.2, 0) is 6.18 Å². The Morgan fingerprint density at radius 3 is 2.25 bits per heavy atom. The van der Waals surface area contributed by atoms with Gasteiger partial charge in [0.05, 0.1) is 5.56 Å². The van der Waals surface area contributed by atoms with Gasteiger partial charge in [-0.15, -0.1) is 0 Å². The first-order valence-electron chi connectivity index (χ1n) is 5.18. The first-order valence-corrected chi connectivity index (χ1v) is 5.18. The summed E-state index contributed by atoms with van der Waals surface area (Å²) in [6, 6.07) is 5.44. The zero-order chi connectivity index (χ0) is 11.6. The molecule has 5 heteroatoms. The summed E-state index contributed by atoms with van der Waals surface area (Å²) in [5.41, 5.74) is 0.292. The number of alkyl halides is 3. The van der Waals surface area contributed by atoms with Gasteiger partial charge in [-0.2, -0.15) is 13.2 Å². The highest BCUT2D eigenvalue weighted by Gasteiger charge is 2.30. The van der Waals surface area contributed by atoms with E-state index in [0.717, 1.165) is 37.3 Å². The Kier molecular flexibility index (Phi) is 3.16. The molecule has 1 heterocycles. The molecule has 16 heavy (non-hydrogen) atoms. The molecule has 1 fully saturated rings. The highest BCUT2D eigenvalue weighted by molar-refractivity contribution is 5.27. The quantitative estimate of drug-likeness (QED) is 0.770. The number of benzene rings is 1. The molecule has 2 N–H and O–H groups in total. The van der Waals surface area contributed by atoms with E-state index in [0.29, 0.717) is 0 Å². The highest BCUT2D eigenvalue weighted by Crippen LogP contribution is 2.29.